The van der Waals surface area contributed by atoms with Crippen molar-refractivity contribution in [3.63, 3.8) is 0 Å². The van der Waals surface area contributed by atoms with Gasteiger partial charge in [0.1, 0.15) is 5.75 Å². The third-order valence-electron chi connectivity index (χ3n) is 4.16. The van der Waals surface area contributed by atoms with E-state index in [9.17, 15) is 14.7 Å². The molecule has 0 amide bonds. The Labute approximate surface area is 149 Å². The number of aliphatic carboxylic acids is 1. The Morgan fingerprint density at radius 2 is 1.88 bits per heavy atom. The molecule has 0 spiro atoms. The van der Waals surface area contributed by atoms with Gasteiger partial charge in [-0.1, -0.05) is 11.6 Å². The van der Waals surface area contributed by atoms with Gasteiger partial charge in [-0.2, -0.15) is 0 Å². The molecule has 0 saturated heterocycles. The fraction of sp³-hybridized carbons (Fsp3) is 0.158. The van der Waals surface area contributed by atoms with Crippen molar-refractivity contribution in [2.75, 3.05) is 7.11 Å². The number of carbonyl (C=O) groups is 2. The number of ketones is 1. The Morgan fingerprint density at radius 3 is 2.48 bits per heavy atom. The molecule has 5 nitrogen and oxygen atoms in total. The van der Waals surface area contributed by atoms with E-state index in [1.165, 1.54) is 7.11 Å². The van der Waals surface area contributed by atoms with Crippen molar-refractivity contribution in [1.82, 2.24) is 4.40 Å². The summed E-state index contributed by atoms with van der Waals surface area (Å²) in [5.74, 6) is -0.641. The number of ether oxygens (including phenoxy) is 1. The molecule has 0 atom stereocenters. The first kappa shape index (κ1) is 17.0. The van der Waals surface area contributed by atoms with Crippen LogP contribution in [0.5, 0.6) is 5.75 Å². The lowest BCUT2D eigenvalue weighted by Gasteiger charge is -2.07. The molecule has 0 radical (unpaired) electrons. The molecule has 2 aromatic heterocycles. The number of halogens is 1. The van der Waals surface area contributed by atoms with Crippen molar-refractivity contribution in [3.05, 3.63) is 70.0 Å². The van der Waals surface area contributed by atoms with Crippen LogP contribution < -0.4 is 4.74 Å². The molecule has 0 bridgehead atoms. The summed E-state index contributed by atoms with van der Waals surface area (Å²) in [6, 6.07) is 10.1. The quantitative estimate of drug-likeness (QED) is 0.706. The lowest BCUT2D eigenvalue weighted by atomic mass is 10.0. The van der Waals surface area contributed by atoms with E-state index in [-0.39, 0.29) is 12.2 Å². The average molecular weight is 358 g/mol. The second-order valence-electron chi connectivity index (χ2n) is 5.65. The van der Waals surface area contributed by atoms with Crippen LogP contribution >= 0.6 is 11.6 Å². The van der Waals surface area contributed by atoms with Gasteiger partial charge in [-0.05, 0) is 54.4 Å². The third-order valence-corrected chi connectivity index (χ3v) is 4.41. The van der Waals surface area contributed by atoms with Crippen LogP contribution in [-0.4, -0.2) is 28.4 Å². The highest BCUT2D eigenvalue weighted by Crippen LogP contribution is 2.32. The van der Waals surface area contributed by atoms with Crippen molar-refractivity contribution in [3.8, 4) is 5.75 Å². The first-order chi connectivity index (χ1) is 11.9. The van der Waals surface area contributed by atoms with Crippen LogP contribution in [0.15, 0.2) is 42.6 Å². The number of pyridine rings is 1. The standard InChI is InChI=1S/C19H16ClNO4/c1-11-14(10-16(22)23)18-15(25-2)4-3-9-21(18)17(11)19(24)12-5-7-13(20)8-6-12/h3-9H,10H2,1-2H3,(H,22,23). The van der Waals surface area contributed by atoms with Crippen LogP contribution in [0, 0.1) is 6.92 Å². The van der Waals surface area contributed by atoms with E-state index in [4.69, 9.17) is 16.3 Å². The highest BCUT2D eigenvalue weighted by Gasteiger charge is 2.24. The van der Waals surface area contributed by atoms with Gasteiger partial charge >= 0.3 is 5.97 Å². The Hall–Kier alpha value is -2.79. The summed E-state index contributed by atoms with van der Waals surface area (Å²) >= 11 is 5.89. The van der Waals surface area contributed by atoms with Gasteiger partial charge in [0.05, 0.1) is 24.7 Å². The maximum atomic E-state index is 13.0. The summed E-state index contributed by atoms with van der Waals surface area (Å²) < 4.78 is 7.07. The Bertz CT molecular complexity index is 973. The van der Waals surface area contributed by atoms with Gasteiger partial charge in [-0.3, -0.25) is 9.59 Å². The minimum Gasteiger partial charge on any atom is -0.495 e. The Kier molecular flexibility index (Phi) is 4.51. The first-order valence-electron chi connectivity index (χ1n) is 7.62. The van der Waals surface area contributed by atoms with E-state index in [1.807, 2.05) is 0 Å². The predicted octanol–water partition coefficient (Wildman–Crippen LogP) is 3.77. The van der Waals surface area contributed by atoms with Gasteiger partial charge < -0.3 is 14.2 Å². The SMILES string of the molecule is COc1cccn2c(C(=O)c3ccc(Cl)cc3)c(C)c(CC(=O)O)c12. The van der Waals surface area contributed by atoms with Gasteiger partial charge in [-0.15, -0.1) is 0 Å². The highest BCUT2D eigenvalue weighted by molar-refractivity contribution is 6.30. The summed E-state index contributed by atoms with van der Waals surface area (Å²) in [5, 5.41) is 9.80. The van der Waals surface area contributed by atoms with Gasteiger partial charge in [-0.25, -0.2) is 0 Å². The van der Waals surface area contributed by atoms with Gasteiger partial charge in [0.25, 0.3) is 0 Å². The molecule has 0 unspecified atom stereocenters. The highest BCUT2D eigenvalue weighted by atomic mass is 35.5. The van der Waals surface area contributed by atoms with Crippen molar-refractivity contribution in [2.24, 2.45) is 0 Å². The number of carboxylic acid groups (broad SMARTS) is 1. The number of methoxy groups -OCH3 is 1. The third kappa shape index (κ3) is 2.98. The van der Waals surface area contributed by atoms with Gasteiger partial charge in [0, 0.05) is 16.8 Å². The van der Waals surface area contributed by atoms with E-state index in [0.717, 1.165) is 0 Å². The fourth-order valence-electron chi connectivity index (χ4n) is 3.02. The van der Waals surface area contributed by atoms with Crippen LogP contribution in [0.2, 0.25) is 5.02 Å². The number of rotatable bonds is 5. The molecule has 128 valence electrons. The zero-order valence-electron chi connectivity index (χ0n) is 13.7. The minimum absolute atomic E-state index is 0.191. The number of carboxylic acids is 1. The monoisotopic (exact) mass is 357 g/mol. The summed E-state index contributed by atoms with van der Waals surface area (Å²) in [6.45, 7) is 1.76. The maximum Gasteiger partial charge on any atom is 0.307 e. The Morgan fingerprint density at radius 1 is 1.20 bits per heavy atom. The smallest absolute Gasteiger partial charge is 0.307 e. The molecular formula is C19H16ClNO4. The number of carbonyl (C=O) groups excluding carboxylic acids is 1. The minimum atomic E-state index is -0.966. The second kappa shape index (κ2) is 6.61. The number of hydrogen-bond donors (Lipinski definition) is 1. The largest absolute Gasteiger partial charge is 0.495 e. The summed E-state index contributed by atoms with van der Waals surface area (Å²) in [7, 11) is 1.52. The van der Waals surface area contributed by atoms with Gasteiger partial charge in [0.2, 0.25) is 5.78 Å². The second-order valence-corrected chi connectivity index (χ2v) is 6.09. The van der Waals surface area contributed by atoms with E-state index >= 15 is 0 Å². The summed E-state index contributed by atoms with van der Waals surface area (Å²) in [5.41, 5.74) is 2.71. The van der Waals surface area contributed by atoms with Crippen molar-refractivity contribution in [2.45, 2.75) is 13.3 Å². The molecule has 0 fully saturated rings. The molecular weight excluding hydrogens is 342 g/mol. The number of aromatic nitrogens is 1. The first-order valence-corrected chi connectivity index (χ1v) is 8.00. The maximum absolute atomic E-state index is 13.0. The lowest BCUT2D eigenvalue weighted by Crippen LogP contribution is -2.07. The average Bonchev–Trinajstić information content (AvgIpc) is 2.86. The van der Waals surface area contributed by atoms with Crippen molar-refractivity contribution in [1.29, 1.82) is 0 Å². The zero-order chi connectivity index (χ0) is 18.1. The molecule has 25 heavy (non-hydrogen) atoms. The number of nitrogens with zero attached hydrogens (tertiary/aromatic N) is 1. The zero-order valence-corrected chi connectivity index (χ0v) is 14.5. The number of fused-ring (bicyclic) bond motifs is 1. The molecule has 1 N–H and O–H groups in total. The number of benzene rings is 1. The molecule has 0 aliphatic rings. The summed E-state index contributed by atoms with van der Waals surface area (Å²) in [4.78, 5) is 24.3. The van der Waals surface area contributed by atoms with Crippen molar-refractivity contribution >= 4 is 28.9 Å². The van der Waals surface area contributed by atoms with E-state index in [0.29, 0.717) is 38.7 Å². The number of hydrogen-bond acceptors (Lipinski definition) is 3. The van der Waals surface area contributed by atoms with Crippen molar-refractivity contribution < 1.29 is 19.4 Å². The molecule has 2 heterocycles. The Balaban J connectivity index is 2.28. The van der Waals surface area contributed by atoms with E-state index in [1.54, 1.807) is 53.9 Å². The molecule has 1 aromatic carbocycles. The van der Waals surface area contributed by atoms with E-state index in [2.05, 4.69) is 0 Å². The van der Waals surface area contributed by atoms with Crippen LogP contribution in [0.3, 0.4) is 0 Å². The molecule has 0 aliphatic heterocycles. The molecule has 0 aliphatic carbocycles. The normalized spacial score (nSPS) is 10.8. The van der Waals surface area contributed by atoms with Crippen LogP contribution in [-0.2, 0) is 11.2 Å². The van der Waals surface area contributed by atoms with Gasteiger partial charge in [0.15, 0.2) is 0 Å². The lowest BCUT2D eigenvalue weighted by molar-refractivity contribution is -0.136. The predicted molar refractivity (Wildman–Crippen MR) is 94.9 cm³/mol. The van der Waals surface area contributed by atoms with Crippen LogP contribution in [0.25, 0.3) is 5.52 Å². The van der Waals surface area contributed by atoms with E-state index < -0.39 is 5.97 Å². The molecule has 0 saturated carbocycles. The summed E-state index contributed by atoms with van der Waals surface area (Å²) in [6.07, 6.45) is 1.54. The van der Waals surface area contributed by atoms with Crippen LogP contribution in [0.1, 0.15) is 27.2 Å². The molecule has 6 heteroatoms. The van der Waals surface area contributed by atoms with Crippen LogP contribution in [0.4, 0.5) is 0 Å². The topological polar surface area (TPSA) is 68.0 Å². The molecule has 3 aromatic rings. The fourth-order valence-corrected chi connectivity index (χ4v) is 3.15. The molecule has 3 rings (SSSR count).